The quantitative estimate of drug-likeness (QED) is 0.715. The average molecular weight is 430 g/mol. The Morgan fingerprint density at radius 3 is 2.48 bits per heavy atom. The number of alkyl halides is 3. The molecule has 162 valence electrons. The van der Waals surface area contributed by atoms with Crippen LogP contribution in [0.15, 0.2) is 48.6 Å². The highest BCUT2D eigenvalue weighted by Gasteiger charge is 2.51. The number of aromatic nitrogens is 3. The predicted molar refractivity (Wildman–Crippen MR) is 108 cm³/mol. The van der Waals surface area contributed by atoms with Gasteiger partial charge >= 0.3 is 6.18 Å². The number of allylic oxidation sites excluding steroid dienone is 4. The lowest BCUT2D eigenvalue weighted by Gasteiger charge is -2.26. The lowest BCUT2D eigenvalue weighted by atomic mass is 9.75. The fourth-order valence-electron chi connectivity index (χ4n) is 3.88. The van der Waals surface area contributed by atoms with E-state index in [-0.39, 0.29) is 17.7 Å². The van der Waals surface area contributed by atoms with Crippen molar-refractivity contribution in [2.75, 3.05) is 11.5 Å². The second-order valence-electron chi connectivity index (χ2n) is 8.16. The summed E-state index contributed by atoms with van der Waals surface area (Å²) in [6.07, 6.45) is 5.09. The minimum atomic E-state index is -4.45. The Kier molecular flexibility index (Phi) is 5.07. The van der Waals surface area contributed by atoms with Gasteiger partial charge in [-0.25, -0.2) is 15.0 Å². The third-order valence-corrected chi connectivity index (χ3v) is 5.59. The fourth-order valence-corrected chi connectivity index (χ4v) is 3.88. The molecule has 0 saturated carbocycles. The molecule has 0 aromatic carbocycles. The van der Waals surface area contributed by atoms with E-state index in [1.54, 1.807) is 23.4 Å². The molecule has 0 spiro atoms. The number of rotatable bonds is 4. The van der Waals surface area contributed by atoms with Gasteiger partial charge in [0.25, 0.3) is 0 Å². The molecule has 1 aliphatic heterocycles. The van der Waals surface area contributed by atoms with Gasteiger partial charge in [0, 0.05) is 35.6 Å². The maximum atomic E-state index is 13.3. The summed E-state index contributed by atoms with van der Waals surface area (Å²) in [6.45, 7) is 4.18. The molecular formula is C22H21F3N4O2. The standard InChI is InChI=1S/C22H21F3N4O2/c1-13-26-9-15(10-27-13)14-4-6-17-18(8-14)29(20(30)21(17,2)3)16-5-7-19(28-11-16)31-12-22(23,24)25/h4-5,7-11,17H,6,12H2,1-3H3. The summed E-state index contributed by atoms with van der Waals surface area (Å²) in [7, 11) is 0. The number of ether oxygens (including phenoxy) is 1. The number of carbonyl (C=O) groups excluding carboxylic acids is 1. The van der Waals surface area contributed by atoms with Gasteiger partial charge in [-0.1, -0.05) is 19.9 Å². The highest BCUT2D eigenvalue weighted by molar-refractivity contribution is 6.04. The molecule has 0 bridgehead atoms. The Bertz CT molecular complexity index is 1060. The third kappa shape index (κ3) is 4.04. The first-order valence-corrected chi connectivity index (χ1v) is 9.77. The molecule has 1 saturated heterocycles. The van der Waals surface area contributed by atoms with Crippen LogP contribution >= 0.6 is 0 Å². The first-order valence-electron chi connectivity index (χ1n) is 9.77. The van der Waals surface area contributed by atoms with E-state index in [2.05, 4.69) is 25.8 Å². The van der Waals surface area contributed by atoms with Crippen LogP contribution in [-0.2, 0) is 4.79 Å². The number of carbonyl (C=O) groups is 1. The summed E-state index contributed by atoms with van der Waals surface area (Å²) in [5, 5.41) is 0. The Labute approximate surface area is 177 Å². The molecule has 1 amide bonds. The molecule has 0 radical (unpaired) electrons. The minimum Gasteiger partial charge on any atom is -0.468 e. The maximum absolute atomic E-state index is 13.3. The first-order chi connectivity index (χ1) is 14.6. The number of anilines is 1. The van der Waals surface area contributed by atoms with Crippen molar-refractivity contribution in [3.05, 3.63) is 60.0 Å². The van der Waals surface area contributed by atoms with Crippen molar-refractivity contribution in [3.8, 4) is 5.88 Å². The van der Waals surface area contributed by atoms with Crippen molar-refractivity contribution in [2.24, 2.45) is 11.3 Å². The smallest absolute Gasteiger partial charge is 0.422 e. The molecule has 2 aromatic rings. The molecule has 1 aliphatic carbocycles. The minimum absolute atomic E-state index is 0.0312. The van der Waals surface area contributed by atoms with Gasteiger partial charge in [-0.2, -0.15) is 13.2 Å². The van der Waals surface area contributed by atoms with Crippen molar-refractivity contribution >= 4 is 17.2 Å². The van der Waals surface area contributed by atoms with Crippen molar-refractivity contribution < 1.29 is 22.7 Å². The predicted octanol–water partition coefficient (Wildman–Crippen LogP) is 4.48. The van der Waals surface area contributed by atoms with E-state index in [1.165, 1.54) is 12.3 Å². The molecule has 4 rings (SSSR count). The second-order valence-corrected chi connectivity index (χ2v) is 8.16. The zero-order chi connectivity index (χ0) is 22.4. The number of halogens is 3. The maximum Gasteiger partial charge on any atom is 0.422 e. The van der Waals surface area contributed by atoms with Crippen molar-refractivity contribution in [1.29, 1.82) is 0 Å². The number of hydrogen-bond donors (Lipinski definition) is 0. The van der Waals surface area contributed by atoms with Crippen LogP contribution in [0.1, 0.15) is 31.7 Å². The lowest BCUT2D eigenvalue weighted by Crippen LogP contribution is -2.31. The number of pyridine rings is 1. The van der Waals surface area contributed by atoms with E-state index in [9.17, 15) is 18.0 Å². The van der Waals surface area contributed by atoms with E-state index >= 15 is 0 Å². The lowest BCUT2D eigenvalue weighted by molar-refractivity contribution is -0.154. The van der Waals surface area contributed by atoms with Crippen LogP contribution in [0.5, 0.6) is 5.88 Å². The Morgan fingerprint density at radius 2 is 1.87 bits per heavy atom. The van der Waals surface area contributed by atoms with Gasteiger partial charge in [0.05, 0.1) is 17.3 Å². The van der Waals surface area contributed by atoms with Gasteiger partial charge < -0.3 is 4.74 Å². The van der Waals surface area contributed by atoms with Crippen molar-refractivity contribution in [3.63, 3.8) is 0 Å². The molecule has 3 heterocycles. The van der Waals surface area contributed by atoms with E-state index in [4.69, 9.17) is 0 Å². The summed E-state index contributed by atoms with van der Waals surface area (Å²) in [4.78, 5) is 27.3. The third-order valence-electron chi connectivity index (χ3n) is 5.59. The number of hydrogen-bond acceptors (Lipinski definition) is 5. The van der Waals surface area contributed by atoms with Crippen LogP contribution in [0, 0.1) is 18.3 Å². The van der Waals surface area contributed by atoms with Crippen LogP contribution in [0.25, 0.3) is 5.57 Å². The highest BCUT2D eigenvalue weighted by Crippen LogP contribution is 2.50. The molecule has 2 aliphatic rings. The van der Waals surface area contributed by atoms with E-state index in [0.717, 1.165) is 16.8 Å². The van der Waals surface area contributed by atoms with E-state index < -0.39 is 18.2 Å². The molecule has 1 atom stereocenters. The summed E-state index contributed by atoms with van der Waals surface area (Å²) in [5.41, 5.74) is 2.43. The fraction of sp³-hybridized carbons (Fsp3) is 0.364. The van der Waals surface area contributed by atoms with Gasteiger partial charge in [-0.05, 0) is 31.1 Å². The normalized spacial score (nSPS) is 20.3. The van der Waals surface area contributed by atoms with E-state index in [1.807, 2.05) is 26.8 Å². The van der Waals surface area contributed by atoms with Crippen LogP contribution in [0.3, 0.4) is 0 Å². The summed E-state index contributed by atoms with van der Waals surface area (Å²) >= 11 is 0. The largest absolute Gasteiger partial charge is 0.468 e. The number of aryl methyl sites for hydroxylation is 1. The van der Waals surface area contributed by atoms with Crippen LogP contribution in [-0.4, -0.2) is 33.6 Å². The van der Waals surface area contributed by atoms with Crippen molar-refractivity contribution in [2.45, 2.75) is 33.4 Å². The first kappa shape index (κ1) is 21.0. The SMILES string of the molecule is Cc1ncc(C2=CCC3C(=C2)N(c2ccc(OCC(F)(F)F)nc2)C(=O)C3(C)C)cn1. The number of amides is 1. The zero-order valence-electron chi connectivity index (χ0n) is 17.3. The van der Waals surface area contributed by atoms with Gasteiger partial charge in [0.15, 0.2) is 6.61 Å². The van der Waals surface area contributed by atoms with Crippen LogP contribution < -0.4 is 9.64 Å². The average Bonchev–Trinajstić information content (AvgIpc) is 2.92. The van der Waals surface area contributed by atoms with Gasteiger partial charge in [-0.3, -0.25) is 9.69 Å². The monoisotopic (exact) mass is 430 g/mol. The van der Waals surface area contributed by atoms with Gasteiger partial charge in [0.1, 0.15) is 5.82 Å². The Hall–Kier alpha value is -3.23. The second kappa shape index (κ2) is 7.47. The number of fused-ring (bicyclic) bond motifs is 1. The molecule has 31 heavy (non-hydrogen) atoms. The molecular weight excluding hydrogens is 409 g/mol. The summed E-state index contributed by atoms with van der Waals surface area (Å²) in [6, 6.07) is 2.88. The van der Waals surface area contributed by atoms with Gasteiger partial charge in [0.2, 0.25) is 11.8 Å². The Morgan fingerprint density at radius 1 is 1.16 bits per heavy atom. The molecule has 6 nitrogen and oxygen atoms in total. The molecule has 1 unspecified atom stereocenters. The van der Waals surface area contributed by atoms with E-state index in [0.29, 0.717) is 17.9 Å². The molecule has 0 N–H and O–H groups in total. The summed E-state index contributed by atoms with van der Waals surface area (Å²) in [5.74, 6) is 0.391. The molecule has 1 fully saturated rings. The van der Waals surface area contributed by atoms with Crippen molar-refractivity contribution in [1.82, 2.24) is 15.0 Å². The number of nitrogens with zero attached hydrogens (tertiary/aromatic N) is 4. The Balaban J connectivity index is 1.65. The van der Waals surface area contributed by atoms with Gasteiger partial charge in [-0.15, -0.1) is 0 Å². The topological polar surface area (TPSA) is 68.2 Å². The van der Waals surface area contributed by atoms with Crippen LogP contribution in [0.4, 0.5) is 18.9 Å². The zero-order valence-corrected chi connectivity index (χ0v) is 17.3. The molecule has 9 heteroatoms. The molecule has 2 aromatic heterocycles. The van der Waals surface area contributed by atoms with Crippen LogP contribution in [0.2, 0.25) is 0 Å². The highest BCUT2D eigenvalue weighted by atomic mass is 19.4. The summed E-state index contributed by atoms with van der Waals surface area (Å²) < 4.78 is 41.7.